The first-order chi connectivity index (χ1) is 9.04. The van der Waals surface area contributed by atoms with E-state index in [-0.39, 0.29) is 0 Å². The van der Waals surface area contributed by atoms with Gasteiger partial charge in [0.2, 0.25) is 5.95 Å². The molecule has 19 heavy (non-hydrogen) atoms. The predicted octanol–water partition coefficient (Wildman–Crippen LogP) is 3.58. The molecule has 0 aliphatic rings. The lowest BCUT2D eigenvalue weighted by molar-refractivity contribution is 1.03. The first kappa shape index (κ1) is 13.5. The van der Waals surface area contributed by atoms with E-state index in [1.54, 1.807) is 0 Å². The lowest BCUT2D eigenvalue weighted by Gasteiger charge is -2.04. The number of nitrogens with one attached hydrogen (secondary N) is 1. The molecule has 0 spiro atoms. The molecular formula is C14H15ClN4. The molecule has 0 fully saturated rings. The minimum absolute atomic E-state index is 0.499. The van der Waals surface area contributed by atoms with Gasteiger partial charge >= 0.3 is 0 Å². The van der Waals surface area contributed by atoms with Crippen LogP contribution in [0.5, 0.6) is 0 Å². The quantitative estimate of drug-likeness (QED) is 0.687. The van der Waals surface area contributed by atoms with Crippen molar-refractivity contribution in [1.29, 1.82) is 0 Å². The van der Waals surface area contributed by atoms with Crippen molar-refractivity contribution in [2.75, 3.05) is 5.43 Å². The highest BCUT2D eigenvalue weighted by Crippen LogP contribution is 2.12. The fraction of sp³-hybridized carbons (Fsp3) is 0.214. The molecule has 1 N–H and O–H groups in total. The van der Waals surface area contributed by atoms with E-state index in [4.69, 9.17) is 11.6 Å². The Bertz CT molecular complexity index is 602. The highest BCUT2D eigenvalue weighted by atomic mass is 35.5. The largest absolute Gasteiger partial charge is 0.245 e. The van der Waals surface area contributed by atoms with Gasteiger partial charge in [-0.05, 0) is 44.5 Å². The number of halogens is 1. The Morgan fingerprint density at radius 1 is 1.16 bits per heavy atom. The molecule has 5 heteroatoms. The first-order valence-electron chi connectivity index (χ1n) is 5.93. The van der Waals surface area contributed by atoms with Gasteiger partial charge in [0.05, 0.1) is 5.71 Å². The predicted molar refractivity (Wildman–Crippen MR) is 78.8 cm³/mol. The minimum Gasteiger partial charge on any atom is -0.245 e. The molecular weight excluding hydrogens is 260 g/mol. The molecule has 1 aromatic heterocycles. The number of nitrogens with zero attached hydrogens (tertiary/aromatic N) is 3. The van der Waals surface area contributed by atoms with Crippen LogP contribution in [0.1, 0.15) is 23.9 Å². The Morgan fingerprint density at radius 3 is 2.47 bits per heavy atom. The van der Waals surface area contributed by atoms with E-state index >= 15 is 0 Å². The molecule has 4 nitrogen and oxygen atoms in total. The van der Waals surface area contributed by atoms with Crippen LogP contribution in [0.15, 0.2) is 35.4 Å². The molecule has 1 aromatic carbocycles. The van der Waals surface area contributed by atoms with E-state index in [1.165, 1.54) is 0 Å². The Morgan fingerprint density at radius 2 is 1.84 bits per heavy atom. The summed E-state index contributed by atoms with van der Waals surface area (Å²) in [5, 5.41) is 4.96. The smallest absolute Gasteiger partial charge is 0.243 e. The Labute approximate surface area is 117 Å². The van der Waals surface area contributed by atoms with Crippen molar-refractivity contribution >= 4 is 23.3 Å². The molecule has 98 valence electrons. The average molecular weight is 275 g/mol. The van der Waals surface area contributed by atoms with Gasteiger partial charge in [-0.15, -0.1) is 0 Å². The van der Waals surface area contributed by atoms with Crippen LogP contribution in [0.3, 0.4) is 0 Å². The minimum atomic E-state index is 0.499. The highest BCUT2D eigenvalue weighted by molar-refractivity contribution is 6.31. The Balaban J connectivity index is 2.18. The average Bonchev–Trinajstić information content (AvgIpc) is 2.35. The summed E-state index contributed by atoms with van der Waals surface area (Å²) in [5.41, 5.74) is 6.47. The van der Waals surface area contributed by atoms with E-state index in [1.807, 2.05) is 51.1 Å². The van der Waals surface area contributed by atoms with Gasteiger partial charge in [-0.25, -0.2) is 15.4 Å². The third kappa shape index (κ3) is 3.76. The number of aryl methyl sites for hydroxylation is 2. The summed E-state index contributed by atoms with van der Waals surface area (Å²) in [6.07, 6.45) is 0. The van der Waals surface area contributed by atoms with Crippen molar-refractivity contribution in [1.82, 2.24) is 9.97 Å². The molecule has 0 aliphatic heterocycles. The summed E-state index contributed by atoms with van der Waals surface area (Å²) in [6, 6.07) is 9.46. The summed E-state index contributed by atoms with van der Waals surface area (Å²) < 4.78 is 0. The molecule has 2 aromatic rings. The van der Waals surface area contributed by atoms with Crippen LogP contribution >= 0.6 is 11.6 Å². The normalized spacial score (nSPS) is 11.5. The maximum Gasteiger partial charge on any atom is 0.243 e. The van der Waals surface area contributed by atoms with Gasteiger partial charge in [0, 0.05) is 16.4 Å². The van der Waals surface area contributed by atoms with E-state index in [0.29, 0.717) is 11.0 Å². The molecule has 0 atom stereocenters. The maximum absolute atomic E-state index is 5.95. The first-order valence-corrected chi connectivity index (χ1v) is 6.31. The summed E-state index contributed by atoms with van der Waals surface area (Å²) >= 11 is 5.95. The fourth-order valence-corrected chi connectivity index (χ4v) is 1.88. The number of benzene rings is 1. The number of rotatable bonds is 3. The summed E-state index contributed by atoms with van der Waals surface area (Å²) in [6.45, 7) is 5.75. The fourth-order valence-electron chi connectivity index (χ4n) is 1.69. The number of hydrogen-bond acceptors (Lipinski definition) is 4. The second kappa shape index (κ2) is 5.80. The zero-order valence-corrected chi connectivity index (χ0v) is 11.9. The third-order valence-electron chi connectivity index (χ3n) is 2.55. The van der Waals surface area contributed by atoms with Crippen LogP contribution in [0.4, 0.5) is 5.95 Å². The van der Waals surface area contributed by atoms with Gasteiger partial charge < -0.3 is 0 Å². The van der Waals surface area contributed by atoms with Gasteiger partial charge in [0.25, 0.3) is 0 Å². The summed E-state index contributed by atoms with van der Waals surface area (Å²) in [4.78, 5) is 8.52. The van der Waals surface area contributed by atoms with Crippen LogP contribution in [0.2, 0.25) is 5.02 Å². The lowest BCUT2D eigenvalue weighted by Crippen LogP contribution is -2.03. The van der Waals surface area contributed by atoms with Crippen molar-refractivity contribution < 1.29 is 0 Å². The molecule has 0 bridgehead atoms. The van der Waals surface area contributed by atoms with Crippen molar-refractivity contribution in [3.05, 3.63) is 52.3 Å². The number of hydrogen-bond donors (Lipinski definition) is 1. The molecule has 0 unspecified atom stereocenters. The van der Waals surface area contributed by atoms with E-state index in [2.05, 4.69) is 20.5 Å². The molecule has 0 saturated heterocycles. The lowest BCUT2D eigenvalue weighted by atomic mass is 10.1. The Kier molecular flexibility index (Phi) is 4.12. The van der Waals surface area contributed by atoms with Crippen LogP contribution in [0.25, 0.3) is 0 Å². The third-order valence-corrected chi connectivity index (χ3v) is 2.78. The highest BCUT2D eigenvalue weighted by Gasteiger charge is 2.00. The standard InChI is InChI=1S/C14H15ClN4/c1-9-7-10(2)17-14(16-9)19-18-11(3)12-5-4-6-13(15)8-12/h4-8H,1-3H3,(H,16,17,19)/b18-11-. The van der Waals surface area contributed by atoms with Gasteiger partial charge in [0.1, 0.15) is 0 Å². The summed E-state index contributed by atoms with van der Waals surface area (Å²) in [5.74, 6) is 0.499. The number of hydrazone groups is 1. The van der Waals surface area contributed by atoms with Gasteiger partial charge in [0.15, 0.2) is 0 Å². The summed E-state index contributed by atoms with van der Waals surface area (Å²) in [7, 11) is 0. The molecule has 1 heterocycles. The second-order valence-electron chi connectivity index (χ2n) is 4.29. The molecule has 0 amide bonds. The van der Waals surface area contributed by atoms with Crippen molar-refractivity contribution in [3.8, 4) is 0 Å². The van der Waals surface area contributed by atoms with Crippen LogP contribution in [0, 0.1) is 13.8 Å². The zero-order chi connectivity index (χ0) is 13.8. The topological polar surface area (TPSA) is 50.2 Å². The van der Waals surface area contributed by atoms with Crippen molar-refractivity contribution in [2.24, 2.45) is 5.10 Å². The maximum atomic E-state index is 5.95. The van der Waals surface area contributed by atoms with Crippen LogP contribution < -0.4 is 5.43 Å². The Hall–Kier alpha value is -1.94. The molecule has 2 rings (SSSR count). The molecule has 0 saturated carbocycles. The number of anilines is 1. The van der Waals surface area contributed by atoms with Crippen LogP contribution in [-0.4, -0.2) is 15.7 Å². The van der Waals surface area contributed by atoms with Crippen molar-refractivity contribution in [2.45, 2.75) is 20.8 Å². The van der Waals surface area contributed by atoms with E-state index in [9.17, 15) is 0 Å². The van der Waals surface area contributed by atoms with Gasteiger partial charge in [-0.1, -0.05) is 23.7 Å². The second-order valence-corrected chi connectivity index (χ2v) is 4.73. The monoisotopic (exact) mass is 274 g/mol. The SMILES string of the molecule is C/C(=N/Nc1nc(C)cc(C)n1)c1cccc(Cl)c1. The zero-order valence-electron chi connectivity index (χ0n) is 11.1. The van der Waals surface area contributed by atoms with E-state index in [0.717, 1.165) is 22.7 Å². The van der Waals surface area contributed by atoms with Crippen LogP contribution in [-0.2, 0) is 0 Å². The number of aromatic nitrogens is 2. The van der Waals surface area contributed by atoms with Crippen molar-refractivity contribution in [3.63, 3.8) is 0 Å². The molecule has 0 aliphatic carbocycles. The van der Waals surface area contributed by atoms with E-state index < -0.39 is 0 Å². The van der Waals surface area contributed by atoms with Gasteiger partial charge in [-0.3, -0.25) is 0 Å². The van der Waals surface area contributed by atoms with Gasteiger partial charge in [-0.2, -0.15) is 5.10 Å². The molecule has 0 radical (unpaired) electrons.